The number of halogens is 1. The fourth-order valence-corrected chi connectivity index (χ4v) is 2.66. The second-order valence-electron chi connectivity index (χ2n) is 3.38. The first kappa shape index (κ1) is 10.8. The Morgan fingerprint density at radius 2 is 2.40 bits per heavy atom. The Morgan fingerprint density at radius 1 is 1.67 bits per heavy atom. The molecule has 1 aliphatic heterocycles. The molecule has 0 bridgehead atoms. The summed E-state index contributed by atoms with van der Waals surface area (Å²) < 4.78 is 1.56. The van der Waals surface area contributed by atoms with Gasteiger partial charge in [0.05, 0.1) is 16.6 Å². The van der Waals surface area contributed by atoms with Gasteiger partial charge < -0.3 is 0 Å². The van der Waals surface area contributed by atoms with Crippen molar-refractivity contribution in [2.24, 2.45) is 0 Å². The van der Waals surface area contributed by atoms with Crippen molar-refractivity contribution in [3.63, 3.8) is 0 Å². The molecule has 2 rings (SSSR count). The van der Waals surface area contributed by atoms with Gasteiger partial charge >= 0.3 is 0 Å². The molecule has 0 amide bonds. The third-order valence-electron chi connectivity index (χ3n) is 2.27. The number of rotatable bonds is 1. The minimum Gasteiger partial charge on any atom is -0.268 e. The van der Waals surface area contributed by atoms with E-state index in [9.17, 15) is 4.79 Å². The van der Waals surface area contributed by atoms with Crippen LogP contribution in [0.25, 0.3) is 6.20 Å². The summed E-state index contributed by atoms with van der Waals surface area (Å²) in [5.41, 5.74) is 1.27. The van der Waals surface area contributed by atoms with Crippen molar-refractivity contribution >= 4 is 29.6 Å². The lowest BCUT2D eigenvalue weighted by atomic mass is 10.2. The van der Waals surface area contributed by atoms with Gasteiger partial charge in [-0.05, 0) is 13.8 Å². The zero-order valence-electron chi connectivity index (χ0n) is 8.53. The maximum Gasteiger partial charge on any atom is 0.263 e. The maximum atomic E-state index is 12.0. The van der Waals surface area contributed by atoms with Gasteiger partial charge in [-0.25, -0.2) is 4.98 Å². The second-order valence-corrected chi connectivity index (χ2v) is 5.02. The van der Waals surface area contributed by atoms with E-state index in [-0.39, 0.29) is 10.9 Å². The first-order valence-corrected chi connectivity index (χ1v) is 6.10. The average Bonchev–Trinajstić information content (AvgIpc) is 2.17. The lowest BCUT2D eigenvalue weighted by Crippen LogP contribution is -2.26. The highest BCUT2D eigenvalue weighted by Gasteiger charge is 2.17. The smallest absolute Gasteiger partial charge is 0.263 e. The summed E-state index contributed by atoms with van der Waals surface area (Å²) in [7, 11) is 0. The molecule has 0 aliphatic carbocycles. The molecule has 1 aromatic rings. The summed E-state index contributed by atoms with van der Waals surface area (Å²) in [4.78, 5) is 16.4. The average molecular weight is 243 g/mol. The van der Waals surface area contributed by atoms with E-state index >= 15 is 0 Å². The van der Waals surface area contributed by atoms with Crippen molar-refractivity contribution in [3.05, 3.63) is 27.7 Å². The molecule has 0 saturated heterocycles. The van der Waals surface area contributed by atoms with Crippen molar-refractivity contribution in [1.29, 1.82) is 0 Å². The van der Waals surface area contributed by atoms with Gasteiger partial charge in [0.2, 0.25) is 0 Å². The van der Waals surface area contributed by atoms with Crippen molar-refractivity contribution in [1.82, 2.24) is 9.55 Å². The molecule has 1 aliphatic rings. The molecule has 0 N–H and O–H groups in total. The number of thioether (sulfide) groups is 1. The predicted molar refractivity (Wildman–Crippen MR) is 63.6 cm³/mol. The van der Waals surface area contributed by atoms with Crippen LogP contribution < -0.4 is 5.56 Å². The third-order valence-corrected chi connectivity index (χ3v) is 3.39. The predicted octanol–water partition coefficient (Wildman–Crippen LogP) is 2.43. The van der Waals surface area contributed by atoms with E-state index in [1.807, 2.05) is 13.0 Å². The Labute approximate surface area is 97.2 Å². The number of hydrogen-bond donors (Lipinski definition) is 0. The van der Waals surface area contributed by atoms with E-state index < -0.39 is 0 Å². The van der Waals surface area contributed by atoms with Crippen molar-refractivity contribution < 1.29 is 0 Å². The molecule has 0 fully saturated rings. The number of alkyl halides is 1. The minimum absolute atomic E-state index is 0.0524. The van der Waals surface area contributed by atoms with E-state index in [0.29, 0.717) is 5.56 Å². The molecule has 0 aromatic carbocycles. The van der Waals surface area contributed by atoms with E-state index in [4.69, 9.17) is 11.6 Å². The van der Waals surface area contributed by atoms with Gasteiger partial charge in [0.25, 0.3) is 5.56 Å². The normalized spacial score (nSPS) is 16.2. The number of aryl methyl sites for hydroxylation is 1. The van der Waals surface area contributed by atoms with Gasteiger partial charge in [-0.1, -0.05) is 17.8 Å². The molecule has 0 radical (unpaired) electrons. The molecule has 2 heterocycles. The minimum atomic E-state index is -0.303. The van der Waals surface area contributed by atoms with Crippen LogP contribution in [-0.4, -0.2) is 15.3 Å². The Hall–Kier alpha value is -0.740. The maximum absolute atomic E-state index is 12.0. The molecular weight excluding hydrogens is 232 g/mol. The van der Waals surface area contributed by atoms with Crippen LogP contribution in [0.5, 0.6) is 0 Å². The van der Waals surface area contributed by atoms with E-state index in [2.05, 4.69) is 4.98 Å². The lowest BCUT2D eigenvalue weighted by molar-refractivity contribution is 0.774. The van der Waals surface area contributed by atoms with Crippen LogP contribution >= 0.6 is 23.4 Å². The van der Waals surface area contributed by atoms with Crippen molar-refractivity contribution in [2.45, 2.75) is 24.4 Å². The summed E-state index contributed by atoms with van der Waals surface area (Å²) in [6.07, 6.45) is 3.71. The van der Waals surface area contributed by atoms with Crippen LogP contribution in [0.3, 0.4) is 0 Å². The van der Waals surface area contributed by atoms with E-state index in [1.54, 1.807) is 29.5 Å². The Balaban J connectivity index is 2.72. The van der Waals surface area contributed by atoms with Gasteiger partial charge in [-0.3, -0.25) is 9.36 Å². The summed E-state index contributed by atoms with van der Waals surface area (Å²) >= 11 is 7.53. The third kappa shape index (κ3) is 1.84. The van der Waals surface area contributed by atoms with Crippen molar-refractivity contribution in [3.8, 4) is 0 Å². The first-order valence-electron chi connectivity index (χ1n) is 4.68. The number of nitrogens with zero attached hydrogens (tertiary/aromatic N) is 2. The molecule has 1 aromatic heterocycles. The highest BCUT2D eigenvalue weighted by Crippen LogP contribution is 2.24. The number of hydrogen-bond acceptors (Lipinski definition) is 3. The van der Waals surface area contributed by atoms with Crippen LogP contribution in [0.4, 0.5) is 0 Å². The zero-order valence-corrected chi connectivity index (χ0v) is 10.1. The molecule has 0 saturated carbocycles. The molecule has 15 heavy (non-hydrogen) atoms. The van der Waals surface area contributed by atoms with Crippen LogP contribution in [0.1, 0.15) is 23.6 Å². The Bertz CT molecular complexity index is 479. The van der Waals surface area contributed by atoms with Crippen LogP contribution in [0.2, 0.25) is 0 Å². The van der Waals surface area contributed by atoms with Gasteiger partial charge in [0.1, 0.15) is 0 Å². The molecule has 1 unspecified atom stereocenters. The number of fused-ring (bicyclic) bond motifs is 1. The Kier molecular flexibility index (Phi) is 2.89. The van der Waals surface area contributed by atoms with Gasteiger partial charge in [0.15, 0.2) is 5.16 Å². The SMILES string of the molecule is Cc1nc2n(c(=O)c1C(C)Cl)C=CCS2. The highest BCUT2D eigenvalue weighted by atomic mass is 35.5. The molecule has 80 valence electrons. The van der Waals surface area contributed by atoms with E-state index in [1.165, 1.54) is 0 Å². The molecule has 0 spiro atoms. The van der Waals surface area contributed by atoms with Crippen LogP contribution in [0, 0.1) is 6.92 Å². The quantitative estimate of drug-likeness (QED) is 0.561. The summed E-state index contributed by atoms with van der Waals surface area (Å²) in [6, 6.07) is 0. The van der Waals surface area contributed by atoms with Crippen LogP contribution in [0.15, 0.2) is 16.0 Å². The van der Waals surface area contributed by atoms with Crippen molar-refractivity contribution in [2.75, 3.05) is 5.75 Å². The monoisotopic (exact) mass is 242 g/mol. The zero-order chi connectivity index (χ0) is 11.0. The Morgan fingerprint density at radius 3 is 3.07 bits per heavy atom. The van der Waals surface area contributed by atoms with Gasteiger partial charge in [-0.15, -0.1) is 11.6 Å². The molecule has 5 heteroatoms. The second kappa shape index (κ2) is 4.02. The van der Waals surface area contributed by atoms with Crippen LogP contribution in [-0.2, 0) is 0 Å². The standard InChI is InChI=1S/C10H11ClN2OS/c1-6(11)8-7(2)12-10-13(9(8)14)4-3-5-15-10/h3-4,6H,5H2,1-2H3. The topological polar surface area (TPSA) is 34.9 Å². The summed E-state index contributed by atoms with van der Waals surface area (Å²) in [5, 5.41) is 0.448. The fourth-order valence-electron chi connectivity index (χ4n) is 1.59. The lowest BCUT2D eigenvalue weighted by Gasteiger charge is -2.15. The molecular formula is C10H11ClN2OS. The molecule has 3 nitrogen and oxygen atoms in total. The highest BCUT2D eigenvalue weighted by molar-refractivity contribution is 7.99. The van der Waals surface area contributed by atoms with Gasteiger partial charge in [-0.2, -0.15) is 0 Å². The van der Waals surface area contributed by atoms with E-state index in [0.717, 1.165) is 16.6 Å². The first-order chi connectivity index (χ1) is 7.11. The largest absolute Gasteiger partial charge is 0.268 e. The fraction of sp³-hybridized carbons (Fsp3) is 0.400. The number of aromatic nitrogens is 2. The summed E-state index contributed by atoms with van der Waals surface area (Å²) in [6.45, 7) is 3.62. The summed E-state index contributed by atoms with van der Waals surface area (Å²) in [5.74, 6) is 0.863. The van der Waals surface area contributed by atoms with Gasteiger partial charge in [0, 0.05) is 12.0 Å². The molecule has 1 atom stereocenters.